The fourth-order valence-corrected chi connectivity index (χ4v) is 1.96. The van der Waals surface area contributed by atoms with Crippen molar-refractivity contribution < 1.29 is 19.6 Å². The number of nitrogens with one attached hydrogen (secondary N) is 1. The Balaban J connectivity index is 2.31. The molecule has 0 aliphatic carbocycles. The van der Waals surface area contributed by atoms with Crippen LogP contribution in [0.4, 0.5) is 0 Å². The quantitative estimate of drug-likeness (QED) is 0.665. The van der Waals surface area contributed by atoms with Crippen molar-refractivity contribution in [2.24, 2.45) is 9.41 Å². The first-order valence-electron chi connectivity index (χ1n) is 6.30. The number of nitrogens with zero attached hydrogens (tertiary/aromatic N) is 1. The van der Waals surface area contributed by atoms with Gasteiger partial charge in [0.15, 0.2) is 0 Å². The van der Waals surface area contributed by atoms with Crippen molar-refractivity contribution in [1.29, 1.82) is 0 Å². The molecular formula is C14H22N2W. The van der Waals surface area contributed by atoms with Crippen LogP contribution in [0.2, 0.25) is 0 Å². The third kappa shape index (κ3) is 6.85. The first kappa shape index (κ1) is 14.7. The Labute approximate surface area is 116 Å². The average Bonchev–Trinajstić information content (AvgIpc) is 2.33. The fraction of sp³-hybridized carbons (Fsp3) is 0.571. The van der Waals surface area contributed by atoms with Gasteiger partial charge >= 0.3 is 102 Å². The van der Waals surface area contributed by atoms with Crippen LogP contribution in [0, 0.1) is 5.92 Å². The Morgan fingerprint density at radius 1 is 1.18 bits per heavy atom. The normalized spacial score (nSPS) is 10.8. The van der Waals surface area contributed by atoms with Gasteiger partial charge in [-0.2, -0.15) is 0 Å². The minimum absolute atomic E-state index is 0.788. The first-order valence-corrected chi connectivity index (χ1v) is 7.61. The van der Waals surface area contributed by atoms with Crippen LogP contribution in [-0.4, -0.2) is 13.1 Å². The minimum atomic E-state index is 0.788. The van der Waals surface area contributed by atoms with Crippen LogP contribution in [0.5, 0.6) is 0 Å². The SMILES string of the molecule is CC(C)CCc1ccc(CNCC[N]=[W])cc1. The zero-order chi connectivity index (χ0) is 12.5. The van der Waals surface area contributed by atoms with Gasteiger partial charge in [0, 0.05) is 0 Å². The maximum atomic E-state index is 4.14. The Bertz CT molecular complexity index is 319. The molecular weight excluding hydrogens is 380 g/mol. The Hall–Kier alpha value is -0.332. The van der Waals surface area contributed by atoms with Crippen LogP contribution in [0.3, 0.4) is 0 Å². The summed E-state index contributed by atoms with van der Waals surface area (Å²) < 4.78 is 4.14. The topological polar surface area (TPSA) is 24.4 Å². The molecule has 1 aromatic rings. The second-order valence-electron chi connectivity index (χ2n) is 4.78. The predicted molar refractivity (Wildman–Crippen MR) is 68.6 cm³/mol. The zero-order valence-electron chi connectivity index (χ0n) is 10.8. The van der Waals surface area contributed by atoms with Crippen molar-refractivity contribution in [3.8, 4) is 0 Å². The molecule has 0 aliphatic heterocycles. The molecule has 0 spiro atoms. The second-order valence-corrected chi connectivity index (χ2v) is 5.71. The van der Waals surface area contributed by atoms with E-state index < -0.39 is 0 Å². The molecule has 1 rings (SSSR count). The molecule has 0 radical (unpaired) electrons. The number of benzene rings is 1. The van der Waals surface area contributed by atoms with Gasteiger partial charge in [0.05, 0.1) is 0 Å². The molecule has 0 atom stereocenters. The Morgan fingerprint density at radius 3 is 2.41 bits per heavy atom. The van der Waals surface area contributed by atoms with E-state index in [2.05, 4.69) is 46.9 Å². The van der Waals surface area contributed by atoms with Crippen LogP contribution >= 0.6 is 0 Å². The zero-order valence-corrected chi connectivity index (χ0v) is 13.7. The molecule has 0 amide bonds. The first-order chi connectivity index (χ1) is 8.22. The second kappa shape index (κ2) is 8.71. The molecule has 3 heteroatoms. The fourth-order valence-electron chi connectivity index (χ4n) is 1.64. The van der Waals surface area contributed by atoms with Crippen molar-refractivity contribution in [3.05, 3.63) is 35.4 Å². The average molecular weight is 402 g/mol. The van der Waals surface area contributed by atoms with Gasteiger partial charge in [-0.25, -0.2) is 0 Å². The van der Waals surface area contributed by atoms with E-state index in [0.717, 1.165) is 25.6 Å². The van der Waals surface area contributed by atoms with E-state index in [9.17, 15) is 0 Å². The monoisotopic (exact) mass is 402 g/mol. The summed E-state index contributed by atoms with van der Waals surface area (Å²) in [6.45, 7) is 7.42. The molecule has 1 N–H and O–H groups in total. The van der Waals surface area contributed by atoms with Gasteiger partial charge in [0.2, 0.25) is 0 Å². The summed E-state index contributed by atoms with van der Waals surface area (Å²) in [6, 6.07) is 8.98. The third-order valence-corrected chi connectivity index (χ3v) is 3.40. The summed E-state index contributed by atoms with van der Waals surface area (Å²) in [5.74, 6) is 0.788. The van der Waals surface area contributed by atoms with Gasteiger partial charge in [-0.1, -0.05) is 13.8 Å². The molecule has 94 valence electrons. The predicted octanol–water partition coefficient (Wildman–Crippen LogP) is 3.10. The van der Waals surface area contributed by atoms with E-state index in [1.807, 2.05) is 0 Å². The molecule has 0 bridgehead atoms. The molecule has 0 heterocycles. The van der Waals surface area contributed by atoms with Crippen molar-refractivity contribution in [1.82, 2.24) is 5.32 Å². The van der Waals surface area contributed by atoms with Gasteiger partial charge in [-0.05, 0) is 0 Å². The third-order valence-electron chi connectivity index (χ3n) is 2.74. The number of rotatable bonds is 8. The molecule has 0 aromatic heterocycles. The molecule has 0 aliphatic rings. The van der Waals surface area contributed by atoms with E-state index in [1.165, 1.54) is 43.6 Å². The Kier molecular flexibility index (Phi) is 7.55. The van der Waals surface area contributed by atoms with E-state index in [-0.39, 0.29) is 0 Å². The molecule has 1 aromatic carbocycles. The summed E-state index contributed by atoms with van der Waals surface area (Å²) in [5.41, 5.74) is 2.82. The van der Waals surface area contributed by atoms with Crippen molar-refractivity contribution in [2.75, 3.05) is 13.1 Å². The summed E-state index contributed by atoms with van der Waals surface area (Å²) in [7, 11) is 0. The number of hydrogen-bond donors (Lipinski definition) is 1. The summed E-state index contributed by atoms with van der Waals surface area (Å²) in [6.07, 6.45) is 2.47. The van der Waals surface area contributed by atoms with Crippen molar-refractivity contribution in [2.45, 2.75) is 33.2 Å². The van der Waals surface area contributed by atoms with Crippen LogP contribution < -0.4 is 5.32 Å². The van der Waals surface area contributed by atoms with E-state index in [1.54, 1.807) is 0 Å². The summed E-state index contributed by atoms with van der Waals surface area (Å²) >= 11 is 1.32. The van der Waals surface area contributed by atoms with Crippen LogP contribution in [0.25, 0.3) is 0 Å². The maximum absolute atomic E-state index is 4.14. The number of aryl methyl sites for hydroxylation is 1. The molecule has 0 saturated heterocycles. The van der Waals surface area contributed by atoms with Crippen LogP contribution in [0.1, 0.15) is 31.4 Å². The van der Waals surface area contributed by atoms with Gasteiger partial charge in [-0.15, -0.1) is 0 Å². The van der Waals surface area contributed by atoms with E-state index in [4.69, 9.17) is 0 Å². The van der Waals surface area contributed by atoms with Gasteiger partial charge in [0.1, 0.15) is 0 Å². The molecule has 0 saturated carbocycles. The van der Waals surface area contributed by atoms with Gasteiger partial charge < -0.3 is 0 Å². The van der Waals surface area contributed by atoms with Gasteiger partial charge in [0.25, 0.3) is 0 Å². The Morgan fingerprint density at radius 2 is 1.82 bits per heavy atom. The standard InChI is InChI=1S/C14H22N2.W/c1-12(2)3-4-13-5-7-14(8-6-13)11-16-10-9-15;/h5-8,12,16H,3-4,9-11H2,1-2H3;. The van der Waals surface area contributed by atoms with E-state index in [0.29, 0.717) is 0 Å². The van der Waals surface area contributed by atoms with Crippen LogP contribution in [-0.2, 0) is 32.6 Å². The van der Waals surface area contributed by atoms with Crippen LogP contribution in [0.15, 0.2) is 27.8 Å². The summed E-state index contributed by atoms with van der Waals surface area (Å²) in [5, 5.41) is 3.39. The van der Waals surface area contributed by atoms with Crippen molar-refractivity contribution >= 4 is 0 Å². The molecule has 2 nitrogen and oxygen atoms in total. The van der Waals surface area contributed by atoms with Crippen molar-refractivity contribution in [3.63, 3.8) is 0 Å². The molecule has 0 unspecified atom stereocenters. The van der Waals surface area contributed by atoms with E-state index >= 15 is 0 Å². The summed E-state index contributed by atoms with van der Waals surface area (Å²) in [4.78, 5) is 0. The number of hydrogen-bond acceptors (Lipinski definition) is 2. The molecule has 0 fully saturated rings. The van der Waals surface area contributed by atoms with Gasteiger partial charge in [-0.3, -0.25) is 0 Å². The molecule has 17 heavy (non-hydrogen) atoms.